The third-order valence-electron chi connectivity index (χ3n) is 10.2. The van der Waals surface area contributed by atoms with Gasteiger partial charge in [-0.2, -0.15) is 0 Å². The molecule has 0 N–H and O–H groups in total. The smallest absolute Gasteiger partial charge is 0.0712 e. The molecular formula is C41H46Si. The molecule has 0 atom stereocenters. The van der Waals surface area contributed by atoms with Crippen LogP contribution < -0.4 is 0 Å². The van der Waals surface area contributed by atoms with Gasteiger partial charge < -0.3 is 0 Å². The molecule has 0 nitrogen and oxygen atoms in total. The molecule has 0 spiro atoms. The highest BCUT2D eigenvalue weighted by atomic mass is 28.3. The van der Waals surface area contributed by atoms with Crippen LogP contribution in [0.5, 0.6) is 0 Å². The fourth-order valence-corrected chi connectivity index (χ4v) is 11.9. The molecular weight excluding hydrogens is 521 g/mol. The molecule has 0 saturated heterocycles. The van der Waals surface area contributed by atoms with Crippen LogP contribution in [0.15, 0.2) is 83.2 Å². The normalized spacial score (nSPS) is 14.0. The zero-order chi connectivity index (χ0) is 29.4. The lowest BCUT2D eigenvalue weighted by molar-refractivity contribution is 0.697. The first kappa shape index (κ1) is 28.7. The largest absolute Gasteiger partial charge is 0.106 e. The Morgan fingerprint density at radius 1 is 0.548 bits per heavy atom. The predicted molar refractivity (Wildman–Crippen MR) is 187 cm³/mol. The van der Waals surface area contributed by atoms with Crippen LogP contribution in [0.1, 0.15) is 77.1 Å². The maximum absolute atomic E-state index is 2.70. The Morgan fingerprint density at radius 2 is 0.976 bits per heavy atom. The molecule has 0 radical (unpaired) electrons. The highest BCUT2D eigenvalue weighted by molar-refractivity contribution is 6.93. The molecule has 4 aromatic rings. The lowest BCUT2D eigenvalue weighted by atomic mass is 9.91. The number of hydrogen-bond donors (Lipinski definition) is 0. The van der Waals surface area contributed by atoms with Gasteiger partial charge in [-0.3, -0.25) is 0 Å². The molecule has 4 aromatic carbocycles. The van der Waals surface area contributed by atoms with E-state index in [9.17, 15) is 0 Å². The minimum absolute atomic E-state index is 1.11. The Labute approximate surface area is 255 Å². The van der Waals surface area contributed by atoms with Crippen LogP contribution in [0.4, 0.5) is 0 Å². The molecule has 0 heterocycles. The third kappa shape index (κ3) is 5.07. The summed E-state index contributed by atoms with van der Waals surface area (Å²) in [4.78, 5) is 0. The van der Waals surface area contributed by atoms with Gasteiger partial charge >= 0.3 is 0 Å². The number of aryl methyl sites for hydroxylation is 4. The van der Waals surface area contributed by atoms with Crippen LogP contribution >= 0.6 is 0 Å². The van der Waals surface area contributed by atoms with E-state index in [1.165, 1.54) is 98.5 Å². The number of benzene rings is 4. The van der Waals surface area contributed by atoms with Crippen molar-refractivity contribution in [2.75, 3.05) is 0 Å². The van der Waals surface area contributed by atoms with Gasteiger partial charge in [-0.15, -0.1) is 0 Å². The molecule has 1 heteroatoms. The quantitative estimate of drug-likeness (QED) is 0.140. The summed E-state index contributed by atoms with van der Waals surface area (Å²) < 4.78 is 0. The van der Waals surface area contributed by atoms with Gasteiger partial charge in [-0.1, -0.05) is 141 Å². The first-order valence-electron chi connectivity index (χ1n) is 16.1. The van der Waals surface area contributed by atoms with E-state index >= 15 is 0 Å². The van der Waals surface area contributed by atoms with E-state index < -0.39 is 8.07 Å². The van der Waals surface area contributed by atoms with Crippen LogP contribution in [0, 0.1) is 27.7 Å². The van der Waals surface area contributed by atoms with Crippen molar-refractivity contribution in [3.8, 4) is 22.3 Å². The van der Waals surface area contributed by atoms with Crippen molar-refractivity contribution in [3.63, 3.8) is 0 Å². The second-order valence-electron chi connectivity index (χ2n) is 13.1. The number of allylic oxidation sites excluding steroid dienone is 2. The molecule has 0 bridgehead atoms. The minimum atomic E-state index is -1.91. The summed E-state index contributed by atoms with van der Waals surface area (Å²) in [5.74, 6) is 0. The zero-order valence-corrected chi connectivity index (χ0v) is 27.5. The fourth-order valence-electron chi connectivity index (χ4n) is 7.79. The van der Waals surface area contributed by atoms with Crippen LogP contribution in [-0.4, -0.2) is 8.07 Å². The average molecular weight is 567 g/mol. The highest BCUT2D eigenvalue weighted by Crippen LogP contribution is 2.46. The SMILES string of the molecule is CCCCCC[Si](C)(C1=Cc2c(cccc2-c2c(C)cccc2C)C1)C1=Cc2c(cccc2-c2c(C)cccc2C)C1. The van der Waals surface area contributed by atoms with Crippen LogP contribution in [0.25, 0.3) is 34.4 Å². The summed E-state index contributed by atoms with van der Waals surface area (Å²) >= 11 is 0. The van der Waals surface area contributed by atoms with Gasteiger partial charge in [0.2, 0.25) is 0 Å². The van der Waals surface area contributed by atoms with Crippen molar-refractivity contribution in [3.05, 3.63) is 128 Å². The van der Waals surface area contributed by atoms with Crippen molar-refractivity contribution < 1.29 is 0 Å². The van der Waals surface area contributed by atoms with Gasteiger partial charge in [0.25, 0.3) is 0 Å². The van der Waals surface area contributed by atoms with Gasteiger partial charge in [0.05, 0.1) is 0 Å². The van der Waals surface area contributed by atoms with Crippen LogP contribution in [-0.2, 0) is 12.8 Å². The van der Waals surface area contributed by atoms with E-state index in [-0.39, 0.29) is 0 Å². The van der Waals surface area contributed by atoms with Gasteiger partial charge in [0.15, 0.2) is 0 Å². The minimum Gasteiger partial charge on any atom is -0.0712 e. The van der Waals surface area contributed by atoms with Gasteiger partial charge in [-0.25, -0.2) is 0 Å². The Morgan fingerprint density at radius 3 is 1.40 bits per heavy atom. The summed E-state index contributed by atoms with van der Waals surface area (Å²) in [7, 11) is -1.91. The number of rotatable bonds is 9. The molecule has 2 aliphatic carbocycles. The molecule has 0 aliphatic heterocycles. The van der Waals surface area contributed by atoms with Gasteiger partial charge in [0.1, 0.15) is 8.07 Å². The van der Waals surface area contributed by atoms with E-state index in [4.69, 9.17) is 0 Å². The molecule has 0 saturated carbocycles. The second kappa shape index (κ2) is 11.7. The van der Waals surface area contributed by atoms with E-state index in [0.717, 1.165) is 12.8 Å². The molecule has 0 unspecified atom stereocenters. The van der Waals surface area contributed by atoms with E-state index in [0.29, 0.717) is 0 Å². The first-order valence-corrected chi connectivity index (χ1v) is 18.8. The van der Waals surface area contributed by atoms with E-state index in [1.54, 1.807) is 10.4 Å². The Balaban J connectivity index is 1.45. The molecule has 0 aromatic heterocycles. The van der Waals surface area contributed by atoms with E-state index in [2.05, 4.69) is 126 Å². The van der Waals surface area contributed by atoms with Crippen molar-refractivity contribution in [1.82, 2.24) is 0 Å². The van der Waals surface area contributed by atoms with Crippen molar-refractivity contribution in [1.29, 1.82) is 0 Å². The number of fused-ring (bicyclic) bond motifs is 2. The average Bonchev–Trinajstić information content (AvgIpc) is 3.62. The zero-order valence-electron chi connectivity index (χ0n) is 26.5. The third-order valence-corrected chi connectivity index (χ3v) is 15.1. The maximum atomic E-state index is 2.70. The maximum Gasteiger partial charge on any atom is 0.106 e. The van der Waals surface area contributed by atoms with Crippen molar-refractivity contribution >= 4 is 20.2 Å². The molecule has 42 heavy (non-hydrogen) atoms. The highest BCUT2D eigenvalue weighted by Gasteiger charge is 2.39. The second-order valence-corrected chi connectivity index (χ2v) is 17.6. The first-order chi connectivity index (χ1) is 20.3. The lowest BCUT2D eigenvalue weighted by Crippen LogP contribution is -2.36. The molecule has 0 fully saturated rings. The predicted octanol–water partition coefficient (Wildman–Crippen LogP) is 11.6. The number of unbranched alkanes of at least 4 members (excludes halogenated alkanes) is 3. The molecule has 214 valence electrons. The van der Waals surface area contributed by atoms with Gasteiger partial charge in [-0.05, 0) is 107 Å². The Hall–Kier alpha value is -3.42. The van der Waals surface area contributed by atoms with Gasteiger partial charge in [0, 0.05) is 0 Å². The van der Waals surface area contributed by atoms with Crippen molar-refractivity contribution in [2.24, 2.45) is 0 Å². The number of hydrogen-bond acceptors (Lipinski definition) is 0. The molecule has 0 amide bonds. The van der Waals surface area contributed by atoms with Crippen molar-refractivity contribution in [2.45, 2.75) is 85.7 Å². The van der Waals surface area contributed by atoms with E-state index in [1.807, 2.05) is 0 Å². The standard InChI is InChI=1S/C41H46Si/c1-7-8-9-10-23-42(6,34-24-32-19-13-21-36(38(32)26-34)40-28(2)15-11-16-29(40)3)35-25-33-20-14-22-37(39(33)27-35)41-30(4)17-12-18-31(41)5/h11-22,26-27H,7-10,23-25H2,1-6H3. The summed E-state index contributed by atoms with van der Waals surface area (Å²) in [6.45, 7) is 14.1. The van der Waals surface area contributed by atoms with Crippen LogP contribution in [0.3, 0.4) is 0 Å². The summed E-state index contributed by atoms with van der Waals surface area (Å²) in [5, 5.41) is 3.47. The molecule has 2 aliphatic rings. The monoisotopic (exact) mass is 566 g/mol. The fraction of sp³-hybridized carbons (Fsp3) is 0.317. The Bertz CT molecular complexity index is 1550. The topological polar surface area (TPSA) is 0 Å². The lowest BCUT2D eigenvalue weighted by Gasteiger charge is -2.31. The van der Waals surface area contributed by atoms with Crippen LogP contribution in [0.2, 0.25) is 12.6 Å². The molecule has 6 rings (SSSR count). The summed E-state index contributed by atoms with van der Waals surface area (Å²) in [6, 6.07) is 28.9. The summed E-state index contributed by atoms with van der Waals surface area (Å²) in [6.07, 6.45) is 12.9. The summed E-state index contributed by atoms with van der Waals surface area (Å²) in [5.41, 5.74) is 17.2. The Kier molecular flexibility index (Phi) is 7.98.